The van der Waals surface area contributed by atoms with Gasteiger partial charge in [0.1, 0.15) is 0 Å². The SMILES string of the molecule is COc1c(-c2cc(C(=O)O)no2)ccc(C)c1F. The number of hydrogen-bond donors (Lipinski definition) is 1. The summed E-state index contributed by atoms with van der Waals surface area (Å²) in [7, 11) is 1.33. The molecule has 0 aliphatic rings. The minimum atomic E-state index is -1.21. The predicted octanol–water partition coefficient (Wildman–Crippen LogP) is 2.50. The second-order valence-corrected chi connectivity index (χ2v) is 3.66. The zero-order chi connectivity index (χ0) is 13.3. The number of methoxy groups -OCH3 is 1. The summed E-state index contributed by atoms with van der Waals surface area (Å²) in [6, 6.07) is 4.36. The summed E-state index contributed by atoms with van der Waals surface area (Å²) in [6.07, 6.45) is 0. The molecule has 0 atom stereocenters. The molecule has 5 nitrogen and oxygen atoms in total. The van der Waals surface area contributed by atoms with Crippen molar-refractivity contribution in [2.24, 2.45) is 0 Å². The predicted molar refractivity (Wildman–Crippen MR) is 60.1 cm³/mol. The monoisotopic (exact) mass is 251 g/mol. The average Bonchev–Trinajstić information content (AvgIpc) is 2.82. The Morgan fingerprint density at radius 1 is 1.50 bits per heavy atom. The zero-order valence-electron chi connectivity index (χ0n) is 9.73. The van der Waals surface area contributed by atoms with Crippen molar-refractivity contribution in [3.63, 3.8) is 0 Å². The third-order valence-electron chi connectivity index (χ3n) is 2.49. The van der Waals surface area contributed by atoms with Crippen LogP contribution in [0.2, 0.25) is 0 Å². The van der Waals surface area contributed by atoms with E-state index in [-0.39, 0.29) is 17.2 Å². The first-order valence-corrected chi connectivity index (χ1v) is 5.08. The highest BCUT2D eigenvalue weighted by molar-refractivity contribution is 5.86. The quantitative estimate of drug-likeness (QED) is 0.907. The van der Waals surface area contributed by atoms with Crippen LogP contribution in [0, 0.1) is 12.7 Å². The summed E-state index contributed by atoms with van der Waals surface area (Å²) in [6.45, 7) is 1.60. The molecule has 18 heavy (non-hydrogen) atoms. The van der Waals surface area contributed by atoms with Crippen LogP contribution in [-0.2, 0) is 0 Å². The van der Waals surface area contributed by atoms with E-state index in [1.807, 2.05) is 0 Å². The van der Waals surface area contributed by atoms with Crippen LogP contribution < -0.4 is 4.74 Å². The van der Waals surface area contributed by atoms with Crippen LogP contribution in [0.25, 0.3) is 11.3 Å². The molecule has 0 aliphatic heterocycles. The van der Waals surface area contributed by atoms with Crippen molar-refractivity contribution in [3.05, 3.63) is 35.3 Å². The van der Waals surface area contributed by atoms with Crippen molar-refractivity contribution in [1.82, 2.24) is 5.16 Å². The van der Waals surface area contributed by atoms with Gasteiger partial charge in [0.05, 0.1) is 12.7 Å². The maximum Gasteiger partial charge on any atom is 0.358 e. The van der Waals surface area contributed by atoms with Crippen molar-refractivity contribution in [2.75, 3.05) is 7.11 Å². The van der Waals surface area contributed by atoms with Crippen LogP contribution in [0.5, 0.6) is 5.75 Å². The Bertz CT molecular complexity index is 606. The van der Waals surface area contributed by atoms with Crippen molar-refractivity contribution < 1.29 is 23.6 Å². The van der Waals surface area contributed by atoms with Gasteiger partial charge in [-0.2, -0.15) is 0 Å². The second kappa shape index (κ2) is 4.48. The van der Waals surface area contributed by atoms with Gasteiger partial charge < -0.3 is 14.4 Å². The van der Waals surface area contributed by atoms with E-state index in [2.05, 4.69) is 5.16 Å². The lowest BCUT2D eigenvalue weighted by atomic mass is 10.1. The number of nitrogens with zero attached hydrogens (tertiary/aromatic N) is 1. The van der Waals surface area contributed by atoms with Crippen LogP contribution >= 0.6 is 0 Å². The third-order valence-corrected chi connectivity index (χ3v) is 2.49. The van der Waals surface area contributed by atoms with Crippen molar-refractivity contribution >= 4 is 5.97 Å². The van der Waals surface area contributed by atoms with E-state index < -0.39 is 11.8 Å². The first kappa shape index (κ1) is 12.1. The maximum atomic E-state index is 13.8. The van der Waals surface area contributed by atoms with Crippen molar-refractivity contribution in [2.45, 2.75) is 6.92 Å². The normalized spacial score (nSPS) is 10.4. The fourth-order valence-corrected chi connectivity index (χ4v) is 1.55. The molecule has 1 heterocycles. The van der Waals surface area contributed by atoms with Gasteiger partial charge in [-0.25, -0.2) is 9.18 Å². The highest BCUT2D eigenvalue weighted by Gasteiger charge is 2.18. The zero-order valence-corrected chi connectivity index (χ0v) is 9.73. The number of carboxylic acids is 1. The van der Waals surface area contributed by atoms with Crippen LogP contribution in [0.1, 0.15) is 16.1 Å². The number of halogens is 1. The van der Waals surface area contributed by atoms with Crippen LogP contribution in [0.15, 0.2) is 22.7 Å². The first-order valence-electron chi connectivity index (χ1n) is 5.08. The molecule has 1 aromatic carbocycles. The van der Waals surface area contributed by atoms with Gasteiger partial charge in [-0.15, -0.1) is 0 Å². The number of aromatic carboxylic acids is 1. The molecule has 0 saturated carbocycles. The van der Waals surface area contributed by atoms with Gasteiger partial charge in [-0.05, 0) is 18.6 Å². The van der Waals surface area contributed by atoms with E-state index in [1.165, 1.54) is 13.2 Å². The lowest BCUT2D eigenvalue weighted by Crippen LogP contribution is -1.95. The van der Waals surface area contributed by atoms with Gasteiger partial charge in [0.25, 0.3) is 0 Å². The van der Waals surface area contributed by atoms with E-state index in [0.717, 1.165) is 0 Å². The summed E-state index contributed by atoms with van der Waals surface area (Å²) in [4.78, 5) is 10.7. The van der Waals surface area contributed by atoms with E-state index in [4.69, 9.17) is 14.4 Å². The van der Waals surface area contributed by atoms with Crippen molar-refractivity contribution in [3.8, 4) is 17.1 Å². The van der Waals surface area contributed by atoms with E-state index in [9.17, 15) is 9.18 Å². The number of benzene rings is 1. The number of hydrogen-bond acceptors (Lipinski definition) is 4. The Labute approximate surface area is 102 Å². The highest BCUT2D eigenvalue weighted by Crippen LogP contribution is 2.34. The molecule has 0 bridgehead atoms. The van der Waals surface area contributed by atoms with Gasteiger partial charge in [-0.3, -0.25) is 0 Å². The second-order valence-electron chi connectivity index (χ2n) is 3.66. The van der Waals surface area contributed by atoms with Gasteiger partial charge in [0.2, 0.25) is 0 Å². The first-order chi connectivity index (χ1) is 8.54. The molecule has 0 fully saturated rings. The fraction of sp³-hybridized carbons (Fsp3) is 0.167. The molecule has 0 unspecified atom stereocenters. The Kier molecular flexibility index (Phi) is 3.01. The number of rotatable bonds is 3. The molecule has 0 radical (unpaired) electrons. The average molecular weight is 251 g/mol. The van der Waals surface area contributed by atoms with Crippen LogP contribution in [0.4, 0.5) is 4.39 Å². The molecule has 0 spiro atoms. The summed E-state index contributed by atoms with van der Waals surface area (Å²) < 4.78 is 23.7. The fourth-order valence-electron chi connectivity index (χ4n) is 1.55. The molecular weight excluding hydrogens is 241 g/mol. The largest absolute Gasteiger partial charge is 0.493 e. The molecule has 94 valence electrons. The number of ether oxygens (including phenoxy) is 1. The van der Waals surface area contributed by atoms with Gasteiger partial charge in [0.15, 0.2) is 23.0 Å². The number of carbonyl (C=O) groups is 1. The Hall–Kier alpha value is -2.37. The van der Waals surface area contributed by atoms with E-state index in [1.54, 1.807) is 19.1 Å². The minimum absolute atomic E-state index is 0.00286. The third kappa shape index (κ3) is 1.92. The molecule has 1 N–H and O–H groups in total. The van der Waals surface area contributed by atoms with Crippen molar-refractivity contribution in [1.29, 1.82) is 0 Å². The summed E-state index contributed by atoms with van der Waals surface area (Å²) in [5.41, 5.74) is 0.502. The minimum Gasteiger partial charge on any atom is -0.493 e. The smallest absolute Gasteiger partial charge is 0.358 e. The van der Waals surface area contributed by atoms with Crippen LogP contribution in [0.3, 0.4) is 0 Å². The Morgan fingerprint density at radius 2 is 2.22 bits per heavy atom. The topological polar surface area (TPSA) is 72.6 Å². The van der Waals surface area contributed by atoms with E-state index in [0.29, 0.717) is 11.1 Å². The number of aryl methyl sites for hydroxylation is 1. The number of aromatic nitrogens is 1. The Morgan fingerprint density at radius 3 is 2.78 bits per heavy atom. The summed E-state index contributed by atoms with van der Waals surface area (Å²) in [5, 5.41) is 12.1. The van der Waals surface area contributed by atoms with Gasteiger partial charge in [0, 0.05) is 6.07 Å². The van der Waals surface area contributed by atoms with Crippen LogP contribution in [-0.4, -0.2) is 23.3 Å². The van der Waals surface area contributed by atoms with Gasteiger partial charge in [-0.1, -0.05) is 11.2 Å². The maximum absolute atomic E-state index is 13.8. The molecule has 2 rings (SSSR count). The number of carboxylic acid groups (broad SMARTS) is 1. The molecule has 0 saturated heterocycles. The summed E-state index contributed by atoms with van der Waals surface area (Å²) >= 11 is 0. The lowest BCUT2D eigenvalue weighted by molar-refractivity contribution is 0.0686. The molecule has 0 aliphatic carbocycles. The molecule has 0 amide bonds. The molecular formula is C12H10FNO4. The molecule has 1 aromatic heterocycles. The standard InChI is InChI=1S/C12H10FNO4/c1-6-3-4-7(11(17-2)10(6)13)9-5-8(12(15)16)14-18-9/h3-5H,1-2H3,(H,15,16). The highest BCUT2D eigenvalue weighted by atomic mass is 19.1. The Balaban J connectivity index is 2.56. The molecule has 2 aromatic rings. The molecule has 6 heteroatoms. The van der Waals surface area contributed by atoms with E-state index >= 15 is 0 Å². The summed E-state index contributed by atoms with van der Waals surface area (Å²) in [5.74, 6) is -1.58. The lowest BCUT2D eigenvalue weighted by Gasteiger charge is -2.08. The van der Waals surface area contributed by atoms with Gasteiger partial charge >= 0.3 is 5.97 Å².